The Morgan fingerprint density at radius 1 is 1.14 bits per heavy atom. The van der Waals surface area contributed by atoms with Gasteiger partial charge in [-0.2, -0.15) is 0 Å². The predicted octanol–water partition coefficient (Wildman–Crippen LogP) is 3.19. The first-order valence-corrected chi connectivity index (χ1v) is 9.89. The van der Waals surface area contributed by atoms with E-state index in [1.54, 1.807) is 25.3 Å². The molecule has 0 unspecified atom stereocenters. The van der Waals surface area contributed by atoms with Crippen molar-refractivity contribution in [1.29, 1.82) is 0 Å². The Hall–Kier alpha value is -2.03. The minimum Gasteiger partial charge on any atom is -0.469 e. The van der Waals surface area contributed by atoms with Crippen molar-refractivity contribution in [3.05, 3.63) is 60.1 Å². The van der Waals surface area contributed by atoms with E-state index in [2.05, 4.69) is 46.0 Å². The Balaban J connectivity index is 0.00000300. The Kier molecular flexibility index (Phi) is 9.00. The van der Waals surface area contributed by atoms with Crippen LogP contribution in [0.3, 0.4) is 0 Å². The molecular formula is C22H31IN4O2. The molecule has 0 aliphatic heterocycles. The standard InChI is InChI=1S/C22H30N4O2.HI/c1-26(2)20(27)16-24-21(23-14-11-19-10-6-15-28-19)25-17-22(12-7-13-22)18-8-4-3-5-9-18;/h3-6,8-10,15H,7,11-14,16-17H2,1-2H3,(H2,23,24,25);1H. The van der Waals surface area contributed by atoms with Gasteiger partial charge in [-0.3, -0.25) is 4.79 Å². The normalized spacial score (nSPS) is 15.0. The van der Waals surface area contributed by atoms with Crippen LogP contribution in [-0.4, -0.2) is 50.5 Å². The molecule has 1 aromatic carbocycles. The van der Waals surface area contributed by atoms with Crippen LogP contribution in [0, 0.1) is 0 Å². The number of nitrogens with zero attached hydrogens (tertiary/aromatic N) is 2. The molecule has 1 amide bonds. The van der Waals surface area contributed by atoms with Gasteiger partial charge in [0.05, 0.1) is 6.26 Å². The van der Waals surface area contributed by atoms with Crippen molar-refractivity contribution in [2.75, 3.05) is 33.7 Å². The lowest BCUT2D eigenvalue weighted by Crippen LogP contribution is -2.49. The van der Waals surface area contributed by atoms with Gasteiger partial charge in [0.2, 0.25) is 5.91 Å². The summed E-state index contributed by atoms with van der Waals surface area (Å²) in [4.78, 5) is 18.0. The number of rotatable bonds is 8. The number of hydrogen-bond acceptors (Lipinski definition) is 3. The van der Waals surface area contributed by atoms with E-state index in [1.807, 2.05) is 12.1 Å². The highest BCUT2D eigenvalue weighted by molar-refractivity contribution is 14.0. The average Bonchev–Trinajstić information content (AvgIpc) is 3.18. The molecule has 2 aromatic rings. The molecule has 1 aromatic heterocycles. The molecule has 1 fully saturated rings. The second kappa shape index (κ2) is 11.2. The van der Waals surface area contributed by atoms with Crippen LogP contribution in [0.1, 0.15) is 30.6 Å². The Morgan fingerprint density at radius 3 is 2.48 bits per heavy atom. The number of likely N-dealkylation sites (N-methyl/N-ethyl adjacent to an activating group) is 1. The summed E-state index contributed by atoms with van der Waals surface area (Å²) in [6.07, 6.45) is 6.02. The van der Waals surface area contributed by atoms with Crippen molar-refractivity contribution in [2.24, 2.45) is 4.99 Å². The molecule has 7 heteroatoms. The van der Waals surface area contributed by atoms with Crippen LogP contribution in [0.25, 0.3) is 0 Å². The second-order valence-corrected chi connectivity index (χ2v) is 7.56. The van der Waals surface area contributed by atoms with E-state index < -0.39 is 0 Å². The van der Waals surface area contributed by atoms with Crippen LogP contribution in [0.5, 0.6) is 0 Å². The number of guanidine groups is 1. The van der Waals surface area contributed by atoms with Gasteiger partial charge >= 0.3 is 0 Å². The van der Waals surface area contributed by atoms with E-state index in [-0.39, 0.29) is 41.8 Å². The van der Waals surface area contributed by atoms with Gasteiger partial charge in [0, 0.05) is 39.0 Å². The Bertz CT molecular complexity index is 771. The first kappa shape index (κ1) is 23.3. The third kappa shape index (κ3) is 6.48. The van der Waals surface area contributed by atoms with E-state index in [0.29, 0.717) is 12.5 Å². The fraction of sp³-hybridized carbons (Fsp3) is 0.455. The molecule has 1 aliphatic carbocycles. The molecule has 2 N–H and O–H groups in total. The first-order valence-electron chi connectivity index (χ1n) is 9.89. The second-order valence-electron chi connectivity index (χ2n) is 7.56. The number of furan rings is 1. The Morgan fingerprint density at radius 2 is 1.90 bits per heavy atom. The zero-order chi connectivity index (χ0) is 19.8. The molecule has 1 saturated carbocycles. The topological polar surface area (TPSA) is 69.9 Å². The number of amides is 1. The van der Waals surface area contributed by atoms with Crippen molar-refractivity contribution < 1.29 is 9.21 Å². The highest BCUT2D eigenvalue weighted by atomic mass is 127. The minimum absolute atomic E-state index is 0. The van der Waals surface area contributed by atoms with Crippen molar-refractivity contribution in [3.8, 4) is 0 Å². The van der Waals surface area contributed by atoms with Crippen molar-refractivity contribution in [1.82, 2.24) is 15.5 Å². The van der Waals surface area contributed by atoms with E-state index in [1.165, 1.54) is 24.8 Å². The average molecular weight is 510 g/mol. The van der Waals surface area contributed by atoms with Gasteiger partial charge in [-0.25, -0.2) is 4.99 Å². The zero-order valence-electron chi connectivity index (χ0n) is 17.2. The number of aliphatic imine (C=N–C) groups is 1. The predicted molar refractivity (Wildman–Crippen MR) is 127 cm³/mol. The summed E-state index contributed by atoms with van der Waals surface area (Å²) in [7, 11) is 3.49. The summed E-state index contributed by atoms with van der Waals surface area (Å²) >= 11 is 0. The number of hydrogen-bond donors (Lipinski definition) is 2. The smallest absolute Gasteiger partial charge is 0.243 e. The van der Waals surface area contributed by atoms with Gasteiger partial charge in [0.15, 0.2) is 5.96 Å². The van der Waals surface area contributed by atoms with Crippen molar-refractivity contribution in [3.63, 3.8) is 0 Å². The molecule has 158 valence electrons. The summed E-state index contributed by atoms with van der Waals surface area (Å²) in [5.41, 5.74) is 1.52. The number of benzene rings is 1. The van der Waals surface area contributed by atoms with E-state index in [9.17, 15) is 4.79 Å². The fourth-order valence-electron chi connectivity index (χ4n) is 3.44. The largest absolute Gasteiger partial charge is 0.469 e. The molecule has 6 nitrogen and oxygen atoms in total. The molecule has 0 saturated heterocycles. The molecular weight excluding hydrogens is 479 g/mol. The lowest BCUT2D eigenvalue weighted by Gasteiger charge is -2.43. The van der Waals surface area contributed by atoms with Gasteiger partial charge in [-0.15, -0.1) is 24.0 Å². The fourth-order valence-corrected chi connectivity index (χ4v) is 3.44. The van der Waals surface area contributed by atoms with Crippen LogP contribution in [0.4, 0.5) is 0 Å². The number of halogens is 1. The minimum atomic E-state index is -0.0199. The molecule has 0 radical (unpaired) electrons. The highest BCUT2D eigenvalue weighted by Crippen LogP contribution is 2.43. The third-order valence-corrected chi connectivity index (χ3v) is 5.41. The van der Waals surface area contributed by atoms with E-state index in [4.69, 9.17) is 4.42 Å². The first-order chi connectivity index (χ1) is 13.6. The molecule has 3 rings (SSSR count). The molecule has 29 heavy (non-hydrogen) atoms. The quantitative estimate of drug-likeness (QED) is 0.325. The maximum absolute atomic E-state index is 11.9. The van der Waals surface area contributed by atoms with E-state index >= 15 is 0 Å². The van der Waals surface area contributed by atoms with Gasteiger partial charge in [0.1, 0.15) is 12.3 Å². The van der Waals surface area contributed by atoms with Gasteiger partial charge in [0.25, 0.3) is 0 Å². The summed E-state index contributed by atoms with van der Waals surface area (Å²) in [6.45, 7) is 1.62. The molecule has 1 heterocycles. The maximum atomic E-state index is 11.9. The highest BCUT2D eigenvalue weighted by Gasteiger charge is 2.38. The SMILES string of the molecule is CN(C)C(=O)CN=C(NCCc1ccco1)NCC1(c2ccccc2)CCC1.I. The van der Waals surface area contributed by atoms with Crippen LogP contribution >= 0.6 is 24.0 Å². The summed E-state index contributed by atoms with van der Waals surface area (Å²) in [5.74, 6) is 1.58. The van der Waals surface area contributed by atoms with Crippen LogP contribution in [0.15, 0.2) is 58.1 Å². The van der Waals surface area contributed by atoms with Crippen molar-refractivity contribution >= 4 is 35.8 Å². The van der Waals surface area contributed by atoms with Crippen molar-refractivity contribution in [2.45, 2.75) is 31.1 Å². The molecule has 1 aliphatic rings. The van der Waals surface area contributed by atoms with Gasteiger partial charge in [-0.05, 0) is 30.5 Å². The monoisotopic (exact) mass is 510 g/mol. The third-order valence-electron chi connectivity index (χ3n) is 5.41. The van der Waals surface area contributed by atoms with Crippen LogP contribution < -0.4 is 10.6 Å². The molecule has 0 atom stereocenters. The summed E-state index contributed by atoms with van der Waals surface area (Å²) < 4.78 is 5.38. The number of carbonyl (C=O) groups is 1. The summed E-state index contributed by atoms with van der Waals surface area (Å²) in [5, 5.41) is 6.81. The van der Waals surface area contributed by atoms with Crippen LogP contribution in [-0.2, 0) is 16.6 Å². The zero-order valence-corrected chi connectivity index (χ0v) is 19.5. The molecule has 0 bridgehead atoms. The lowest BCUT2D eigenvalue weighted by atomic mass is 9.64. The maximum Gasteiger partial charge on any atom is 0.243 e. The van der Waals surface area contributed by atoms with Gasteiger partial charge < -0.3 is 20.0 Å². The number of nitrogens with one attached hydrogen (secondary N) is 2. The molecule has 0 spiro atoms. The Labute approximate surface area is 190 Å². The lowest BCUT2D eigenvalue weighted by molar-refractivity contribution is -0.127. The van der Waals surface area contributed by atoms with E-state index in [0.717, 1.165) is 18.7 Å². The number of carbonyl (C=O) groups excluding carboxylic acids is 1. The van der Waals surface area contributed by atoms with Crippen LogP contribution in [0.2, 0.25) is 0 Å². The summed E-state index contributed by atoms with van der Waals surface area (Å²) in [6, 6.07) is 14.5. The van der Waals surface area contributed by atoms with Gasteiger partial charge in [-0.1, -0.05) is 36.8 Å².